The van der Waals surface area contributed by atoms with Gasteiger partial charge in [0, 0.05) is 12.6 Å². The molecule has 0 saturated heterocycles. The molecule has 0 N–H and O–H groups in total. The van der Waals surface area contributed by atoms with E-state index in [9.17, 15) is 4.79 Å². The summed E-state index contributed by atoms with van der Waals surface area (Å²) >= 11 is 0. The first kappa shape index (κ1) is 16.8. The van der Waals surface area contributed by atoms with E-state index in [-0.39, 0.29) is 12.4 Å². The zero-order chi connectivity index (χ0) is 17.6. The van der Waals surface area contributed by atoms with Crippen LogP contribution in [0.1, 0.15) is 41.6 Å². The van der Waals surface area contributed by atoms with Gasteiger partial charge in [0.15, 0.2) is 5.78 Å². The molecule has 3 aromatic heterocycles. The summed E-state index contributed by atoms with van der Waals surface area (Å²) in [7, 11) is 0. The van der Waals surface area contributed by atoms with E-state index in [4.69, 9.17) is 9.26 Å². The quantitative estimate of drug-likeness (QED) is 0.606. The second-order valence-electron chi connectivity index (χ2n) is 5.62. The van der Waals surface area contributed by atoms with E-state index >= 15 is 0 Å². The maximum Gasteiger partial charge on any atom is 0.181 e. The Kier molecular flexibility index (Phi) is 5.18. The fraction of sp³-hybridized carbons (Fsp3) is 0.263. The molecule has 0 unspecified atom stereocenters. The molecule has 6 nitrogen and oxygen atoms in total. The number of Topliss-reactive ketones (excluding diaryl/α,β-unsaturated/α-hetero) is 1. The molecule has 0 bridgehead atoms. The Balaban J connectivity index is 1.72. The Labute approximate surface area is 145 Å². The Morgan fingerprint density at radius 2 is 2.08 bits per heavy atom. The van der Waals surface area contributed by atoms with Crippen LogP contribution < -0.4 is 4.74 Å². The minimum Gasteiger partial charge on any atom is -0.487 e. The van der Waals surface area contributed by atoms with Crippen molar-refractivity contribution < 1.29 is 14.1 Å². The normalized spacial score (nSPS) is 10.6. The number of ketones is 1. The van der Waals surface area contributed by atoms with Crippen molar-refractivity contribution in [3.63, 3.8) is 0 Å². The number of pyridine rings is 2. The lowest BCUT2D eigenvalue weighted by Gasteiger charge is -2.07. The van der Waals surface area contributed by atoms with Crippen LogP contribution in [0.4, 0.5) is 0 Å². The molecular formula is C19H19N3O3. The third-order valence-corrected chi connectivity index (χ3v) is 3.77. The summed E-state index contributed by atoms with van der Waals surface area (Å²) in [5, 5.41) is 4.08. The van der Waals surface area contributed by atoms with Crippen LogP contribution in [0.3, 0.4) is 0 Å². The van der Waals surface area contributed by atoms with Gasteiger partial charge in [-0.15, -0.1) is 0 Å². The van der Waals surface area contributed by atoms with Crippen LogP contribution in [0, 0.1) is 6.92 Å². The molecule has 0 saturated carbocycles. The summed E-state index contributed by atoms with van der Waals surface area (Å²) in [6.07, 6.45) is 4.58. The summed E-state index contributed by atoms with van der Waals surface area (Å²) < 4.78 is 11.1. The van der Waals surface area contributed by atoms with Crippen molar-refractivity contribution in [2.45, 2.75) is 33.3 Å². The van der Waals surface area contributed by atoms with Crippen molar-refractivity contribution in [2.75, 3.05) is 0 Å². The summed E-state index contributed by atoms with van der Waals surface area (Å²) in [6, 6.07) is 9.05. The van der Waals surface area contributed by atoms with E-state index in [2.05, 4.69) is 15.1 Å². The molecule has 0 aromatic carbocycles. The van der Waals surface area contributed by atoms with E-state index < -0.39 is 0 Å². The number of ether oxygens (including phenoxy) is 1. The summed E-state index contributed by atoms with van der Waals surface area (Å²) in [4.78, 5) is 20.3. The highest BCUT2D eigenvalue weighted by atomic mass is 16.5. The number of carbonyl (C=O) groups is 1. The van der Waals surface area contributed by atoms with Gasteiger partial charge in [-0.3, -0.25) is 9.78 Å². The molecule has 0 radical (unpaired) electrons. The second kappa shape index (κ2) is 7.70. The Hall–Kier alpha value is -3.02. The van der Waals surface area contributed by atoms with Gasteiger partial charge in [0.05, 0.1) is 17.5 Å². The number of carbonyl (C=O) groups excluding carboxylic acids is 1. The smallest absolute Gasteiger partial charge is 0.181 e. The molecule has 0 atom stereocenters. The molecular weight excluding hydrogens is 318 g/mol. The third kappa shape index (κ3) is 3.91. The van der Waals surface area contributed by atoms with Gasteiger partial charge in [-0.05, 0) is 37.6 Å². The van der Waals surface area contributed by atoms with E-state index in [0.29, 0.717) is 29.3 Å². The van der Waals surface area contributed by atoms with Gasteiger partial charge in [-0.1, -0.05) is 18.1 Å². The monoisotopic (exact) mass is 337 g/mol. The molecule has 0 aliphatic rings. The maximum absolute atomic E-state index is 11.8. The lowest BCUT2D eigenvalue weighted by Crippen LogP contribution is -2.03. The molecule has 0 aliphatic carbocycles. The van der Waals surface area contributed by atoms with Gasteiger partial charge in [-0.2, -0.15) is 0 Å². The molecule has 0 amide bonds. The van der Waals surface area contributed by atoms with Gasteiger partial charge >= 0.3 is 0 Å². The maximum atomic E-state index is 11.8. The lowest BCUT2D eigenvalue weighted by molar-refractivity contribution is 0.0977. The van der Waals surface area contributed by atoms with Crippen molar-refractivity contribution in [3.8, 4) is 17.1 Å². The summed E-state index contributed by atoms with van der Waals surface area (Å²) in [5.41, 5.74) is 2.70. The number of rotatable bonds is 7. The Morgan fingerprint density at radius 1 is 1.20 bits per heavy atom. The number of hydrogen-bond donors (Lipinski definition) is 0. The predicted octanol–water partition coefficient (Wildman–Crippen LogP) is 4.00. The van der Waals surface area contributed by atoms with Crippen molar-refractivity contribution >= 4 is 5.78 Å². The summed E-state index contributed by atoms with van der Waals surface area (Å²) in [5.74, 6) is 1.31. The molecule has 0 fully saturated rings. The van der Waals surface area contributed by atoms with Gasteiger partial charge in [0.25, 0.3) is 0 Å². The van der Waals surface area contributed by atoms with Crippen molar-refractivity contribution in [2.24, 2.45) is 0 Å². The Morgan fingerprint density at radius 3 is 2.76 bits per heavy atom. The molecule has 0 spiro atoms. The van der Waals surface area contributed by atoms with Gasteiger partial charge in [0.1, 0.15) is 29.5 Å². The second-order valence-corrected chi connectivity index (χ2v) is 5.62. The minimum atomic E-state index is 0.0429. The lowest BCUT2D eigenvalue weighted by atomic mass is 10.1. The molecule has 128 valence electrons. The number of nitrogens with zero attached hydrogens (tertiary/aromatic N) is 3. The SMILES string of the molecule is CCCC(=O)c1ccc(OCc2c(-c3ccccn3)noc2C)cn1. The standard InChI is InChI=1S/C19H19N3O3/c1-3-6-18(23)16-9-8-14(11-21-16)24-12-15-13(2)25-22-19(15)17-7-4-5-10-20-17/h4-5,7-11H,3,6,12H2,1-2H3. The average Bonchev–Trinajstić information content (AvgIpc) is 3.02. The van der Waals surface area contributed by atoms with Gasteiger partial charge < -0.3 is 9.26 Å². The molecule has 3 aromatic rings. The fourth-order valence-corrected chi connectivity index (χ4v) is 2.41. The van der Waals surface area contributed by atoms with Gasteiger partial charge in [-0.25, -0.2) is 4.98 Å². The molecule has 0 aliphatic heterocycles. The molecule has 6 heteroatoms. The van der Waals surface area contributed by atoms with E-state index in [1.54, 1.807) is 24.5 Å². The first-order valence-electron chi connectivity index (χ1n) is 8.17. The van der Waals surface area contributed by atoms with Crippen molar-refractivity contribution in [1.82, 2.24) is 15.1 Å². The molecule has 25 heavy (non-hydrogen) atoms. The first-order valence-corrected chi connectivity index (χ1v) is 8.17. The van der Waals surface area contributed by atoms with Crippen LogP contribution in [0.25, 0.3) is 11.4 Å². The van der Waals surface area contributed by atoms with Crippen molar-refractivity contribution in [1.29, 1.82) is 0 Å². The van der Waals surface area contributed by atoms with Crippen LogP contribution in [0.2, 0.25) is 0 Å². The van der Waals surface area contributed by atoms with Crippen LogP contribution >= 0.6 is 0 Å². The third-order valence-electron chi connectivity index (χ3n) is 3.77. The van der Waals surface area contributed by atoms with E-state index in [1.807, 2.05) is 32.0 Å². The van der Waals surface area contributed by atoms with Crippen LogP contribution in [0.15, 0.2) is 47.2 Å². The van der Waals surface area contributed by atoms with Gasteiger partial charge in [0.2, 0.25) is 0 Å². The first-order chi connectivity index (χ1) is 12.2. The summed E-state index contributed by atoms with van der Waals surface area (Å²) in [6.45, 7) is 4.09. The molecule has 3 heterocycles. The number of aryl methyl sites for hydroxylation is 1. The highest BCUT2D eigenvalue weighted by molar-refractivity contribution is 5.94. The average molecular weight is 337 g/mol. The Bertz CT molecular complexity index is 842. The minimum absolute atomic E-state index is 0.0429. The zero-order valence-corrected chi connectivity index (χ0v) is 14.2. The van der Waals surface area contributed by atoms with E-state index in [0.717, 1.165) is 17.7 Å². The van der Waals surface area contributed by atoms with E-state index in [1.165, 1.54) is 0 Å². The van der Waals surface area contributed by atoms with Crippen LogP contribution in [-0.4, -0.2) is 20.9 Å². The highest BCUT2D eigenvalue weighted by Gasteiger charge is 2.16. The fourth-order valence-electron chi connectivity index (χ4n) is 2.41. The van der Waals surface area contributed by atoms with Crippen LogP contribution in [-0.2, 0) is 6.61 Å². The number of hydrogen-bond acceptors (Lipinski definition) is 6. The zero-order valence-electron chi connectivity index (χ0n) is 14.2. The molecule has 3 rings (SSSR count). The number of aromatic nitrogens is 3. The largest absolute Gasteiger partial charge is 0.487 e. The predicted molar refractivity (Wildman–Crippen MR) is 92.3 cm³/mol. The highest BCUT2D eigenvalue weighted by Crippen LogP contribution is 2.25. The van der Waals surface area contributed by atoms with Crippen molar-refractivity contribution in [3.05, 3.63) is 59.7 Å². The topological polar surface area (TPSA) is 78.1 Å². The van der Waals surface area contributed by atoms with Crippen LogP contribution in [0.5, 0.6) is 5.75 Å².